The van der Waals surface area contributed by atoms with Crippen LogP contribution in [-0.2, 0) is 14.3 Å². The highest BCUT2D eigenvalue weighted by Gasteiger charge is 2.56. The van der Waals surface area contributed by atoms with E-state index in [9.17, 15) is 23.5 Å². The van der Waals surface area contributed by atoms with Crippen molar-refractivity contribution < 1.29 is 33.0 Å². The van der Waals surface area contributed by atoms with Gasteiger partial charge in [0.2, 0.25) is 11.8 Å². The van der Waals surface area contributed by atoms with Gasteiger partial charge < -0.3 is 25.2 Å². The average Bonchev–Trinajstić information content (AvgIpc) is 3.69. The van der Waals surface area contributed by atoms with E-state index >= 15 is 0 Å². The molecule has 0 spiro atoms. The Balaban J connectivity index is 1.24. The number of hydrogen-bond acceptors (Lipinski definition) is 6. The summed E-state index contributed by atoms with van der Waals surface area (Å²) >= 11 is 0. The van der Waals surface area contributed by atoms with Gasteiger partial charge in [-0.1, -0.05) is 0 Å². The molecule has 0 saturated heterocycles. The van der Waals surface area contributed by atoms with Gasteiger partial charge in [0, 0.05) is 48.8 Å². The van der Waals surface area contributed by atoms with E-state index in [1.807, 2.05) is 0 Å². The second kappa shape index (κ2) is 10.0. The summed E-state index contributed by atoms with van der Waals surface area (Å²) in [7, 11) is 1.53. The van der Waals surface area contributed by atoms with Crippen LogP contribution in [0.4, 0.5) is 20.2 Å². The first-order valence-corrected chi connectivity index (χ1v) is 12.1. The maximum absolute atomic E-state index is 15.0. The SMILES string of the molecule is COC1CC2C(=CC1O)N=CCC2Oc1ccc(NC(=O)C2(C(=O)Nc3ccc(F)cc3)CC2)cc1F. The van der Waals surface area contributed by atoms with Crippen LogP contribution in [0.3, 0.4) is 0 Å². The number of halogens is 2. The Labute approximate surface area is 212 Å². The lowest BCUT2D eigenvalue weighted by Crippen LogP contribution is -2.41. The zero-order valence-electron chi connectivity index (χ0n) is 20.1. The second-order valence-corrected chi connectivity index (χ2v) is 9.54. The standard InChI is InChI=1S/C27H27F2N3O5/c1-36-24-13-18-20(14-21(24)33)30-11-8-22(18)37-23-7-6-17(12-19(23)29)32-26(35)27(9-10-27)25(34)31-16-4-2-15(28)3-5-16/h2-7,11-12,14,18,21-22,24,33H,8-10,13H2,1H3,(H,31,34)(H,32,35). The van der Waals surface area contributed by atoms with Gasteiger partial charge in [0.05, 0.1) is 6.10 Å². The minimum Gasteiger partial charge on any atom is -0.486 e. The van der Waals surface area contributed by atoms with Crippen molar-refractivity contribution in [2.45, 2.75) is 44.0 Å². The number of rotatable bonds is 7. The third kappa shape index (κ3) is 5.12. The number of amides is 2. The molecule has 1 saturated carbocycles. The van der Waals surface area contributed by atoms with E-state index in [4.69, 9.17) is 9.47 Å². The number of carbonyl (C=O) groups is 2. The number of nitrogens with zero attached hydrogens (tertiary/aromatic N) is 1. The highest BCUT2D eigenvalue weighted by Crippen LogP contribution is 2.47. The first-order valence-electron chi connectivity index (χ1n) is 12.1. The van der Waals surface area contributed by atoms with Crippen molar-refractivity contribution in [3.8, 4) is 5.75 Å². The number of aliphatic imine (C=N–C) groups is 1. The van der Waals surface area contributed by atoms with Crippen LogP contribution in [0.1, 0.15) is 25.7 Å². The number of fused-ring (bicyclic) bond motifs is 1. The Morgan fingerprint density at radius 3 is 2.35 bits per heavy atom. The average molecular weight is 512 g/mol. The molecule has 194 valence electrons. The summed E-state index contributed by atoms with van der Waals surface area (Å²) in [5.41, 5.74) is 0.0120. The van der Waals surface area contributed by atoms with E-state index in [-0.39, 0.29) is 17.4 Å². The molecule has 8 nitrogen and oxygen atoms in total. The van der Waals surface area contributed by atoms with Crippen molar-refractivity contribution in [2.75, 3.05) is 17.7 Å². The first-order chi connectivity index (χ1) is 17.8. The first kappa shape index (κ1) is 25.0. The van der Waals surface area contributed by atoms with Gasteiger partial charge in [0.15, 0.2) is 11.6 Å². The predicted molar refractivity (Wildman–Crippen MR) is 132 cm³/mol. The number of methoxy groups -OCH3 is 1. The number of ether oxygens (including phenoxy) is 2. The maximum atomic E-state index is 15.0. The molecule has 4 atom stereocenters. The van der Waals surface area contributed by atoms with Gasteiger partial charge in [0.25, 0.3) is 0 Å². The molecule has 2 aromatic rings. The van der Waals surface area contributed by atoms with Crippen LogP contribution in [0, 0.1) is 23.0 Å². The van der Waals surface area contributed by atoms with E-state index in [0.29, 0.717) is 37.1 Å². The van der Waals surface area contributed by atoms with Crippen LogP contribution in [0.2, 0.25) is 0 Å². The number of aliphatic hydroxyl groups is 1. The Morgan fingerprint density at radius 1 is 1.03 bits per heavy atom. The highest BCUT2D eigenvalue weighted by molar-refractivity contribution is 6.16. The zero-order valence-corrected chi connectivity index (χ0v) is 20.1. The van der Waals surface area contributed by atoms with Gasteiger partial charge in [-0.15, -0.1) is 0 Å². The summed E-state index contributed by atoms with van der Waals surface area (Å²) in [6.07, 6.45) is 3.44. The van der Waals surface area contributed by atoms with Gasteiger partial charge >= 0.3 is 0 Å². The largest absolute Gasteiger partial charge is 0.486 e. The molecule has 1 heterocycles. The molecule has 10 heteroatoms. The van der Waals surface area contributed by atoms with Crippen LogP contribution >= 0.6 is 0 Å². The fraction of sp³-hybridized carbons (Fsp3) is 0.370. The molecule has 1 fully saturated rings. The smallest absolute Gasteiger partial charge is 0.240 e. The molecule has 5 rings (SSSR count). The highest BCUT2D eigenvalue weighted by atomic mass is 19.1. The Morgan fingerprint density at radius 2 is 1.70 bits per heavy atom. The molecule has 37 heavy (non-hydrogen) atoms. The summed E-state index contributed by atoms with van der Waals surface area (Å²) in [6, 6.07) is 9.36. The number of anilines is 2. The molecule has 2 aromatic carbocycles. The number of nitrogens with one attached hydrogen (secondary N) is 2. The zero-order chi connectivity index (χ0) is 26.2. The summed E-state index contributed by atoms with van der Waals surface area (Å²) in [4.78, 5) is 30.0. The van der Waals surface area contributed by atoms with Gasteiger partial charge in [-0.3, -0.25) is 14.6 Å². The Bertz CT molecular complexity index is 1260. The molecule has 3 aliphatic rings. The summed E-state index contributed by atoms with van der Waals surface area (Å²) in [6.45, 7) is 0. The molecule has 0 radical (unpaired) electrons. The van der Waals surface area contributed by atoms with Crippen molar-refractivity contribution in [3.05, 3.63) is 65.9 Å². The van der Waals surface area contributed by atoms with Crippen molar-refractivity contribution in [3.63, 3.8) is 0 Å². The van der Waals surface area contributed by atoms with Crippen LogP contribution in [0.15, 0.2) is 59.2 Å². The minimum absolute atomic E-state index is 0.0212. The summed E-state index contributed by atoms with van der Waals surface area (Å²) in [5.74, 6) is -2.27. The molecular weight excluding hydrogens is 484 g/mol. The van der Waals surface area contributed by atoms with Crippen molar-refractivity contribution in [2.24, 2.45) is 16.3 Å². The monoisotopic (exact) mass is 511 g/mol. The molecule has 2 aliphatic carbocycles. The fourth-order valence-corrected chi connectivity index (χ4v) is 4.74. The molecular formula is C27H27F2N3O5. The predicted octanol–water partition coefficient (Wildman–Crippen LogP) is 3.82. The number of aliphatic hydroxyl groups excluding tert-OH is 1. The van der Waals surface area contributed by atoms with Crippen LogP contribution in [0.5, 0.6) is 5.75 Å². The van der Waals surface area contributed by atoms with Crippen molar-refractivity contribution in [1.29, 1.82) is 0 Å². The van der Waals surface area contributed by atoms with Crippen molar-refractivity contribution >= 4 is 29.4 Å². The summed E-state index contributed by atoms with van der Waals surface area (Å²) in [5, 5.41) is 15.4. The lowest BCUT2D eigenvalue weighted by atomic mass is 9.82. The van der Waals surface area contributed by atoms with E-state index in [2.05, 4.69) is 15.6 Å². The normalized spacial score (nSPS) is 25.5. The minimum atomic E-state index is -1.26. The van der Waals surface area contributed by atoms with E-state index in [0.717, 1.165) is 6.07 Å². The maximum Gasteiger partial charge on any atom is 0.240 e. The van der Waals surface area contributed by atoms with E-state index in [1.54, 1.807) is 12.3 Å². The molecule has 0 bridgehead atoms. The van der Waals surface area contributed by atoms with E-state index in [1.165, 1.54) is 43.5 Å². The Hall–Kier alpha value is -3.63. The quantitative estimate of drug-likeness (QED) is 0.490. The summed E-state index contributed by atoms with van der Waals surface area (Å²) < 4.78 is 39.4. The molecule has 1 aliphatic heterocycles. The molecule has 4 unspecified atom stereocenters. The molecule has 0 aromatic heterocycles. The molecule has 3 N–H and O–H groups in total. The number of carbonyl (C=O) groups excluding carboxylic acids is 2. The molecule has 2 amide bonds. The lowest BCUT2D eigenvalue weighted by Gasteiger charge is -2.37. The number of benzene rings is 2. The van der Waals surface area contributed by atoms with Crippen molar-refractivity contribution in [1.82, 2.24) is 0 Å². The van der Waals surface area contributed by atoms with E-state index < -0.39 is 47.2 Å². The second-order valence-electron chi connectivity index (χ2n) is 9.54. The van der Waals surface area contributed by atoms with Gasteiger partial charge in [0.1, 0.15) is 23.4 Å². The van der Waals surface area contributed by atoms with Gasteiger partial charge in [-0.05, 0) is 61.7 Å². The topological polar surface area (TPSA) is 109 Å². The van der Waals surface area contributed by atoms with Gasteiger partial charge in [-0.25, -0.2) is 8.78 Å². The van der Waals surface area contributed by atoms with Gasteiger partial charge in [-0.2, -0.15) is 0 Å². The van der Waals surface area contributed by atoms with Crippen LogP contribution in [0.25, 0.3) is 0 Å². The number of hydrogen-bond donors (Lipinski definition) is 3. The lowest BCUT2D eigenvalue weighted by molar-refractivity contribution is -0.131. The van der Waals surface area contributed by atoms with Crippen LogP contribution in [-0.4, -0.2) is 48.6 Å². The van der Waals surface area contributed by atoms with Crippen LogP contribution < -0.4 is 15.4 Å². The third-order valence-corrected chi connectivity index (χ3v) is 7.11. The third-order valence-electron chi connectivity index (χ3n) is 7.11. The fourth-order valence-electron chi connectivity index (χ4n) is 4.74. The Kier molecular flexibility index (Phi) is 6.78.